The molecule has 29 heavy (non-hydrogen) atoms. The van der Waals surface area contributed by atoms with Gasteiger partial charge in [0.15, 0.2) is 0 Å². The topological polar surface area (TPSA) is 97.0 Å². The molecule has 1 heterocycles. The second-order valence-corrected chi connectivity index (χ2v) is 6.69. The van der Waals surface area contributed by atoms with Crippen LogP contribution in [0.1, 0.15) is 13.3 Å². The molecule has 2 N–H and O–H groups in total. The molecule has 1 fully saturated rings. The molecule has 0 saturated carbocycles. The van der Waals surface area contributed by atoms with Crippen molar-refractivity contribution in [1.82, 2.24) is 0 Å². The summed E-state index contributed by atoms with van der Waals surface area (Å²) in [5.41, 5.74) is 1.81. The third-order valence-corrected chi connectivity index (χ3v) is 4.66. The van der Waals surface area contributed by atoms with Crippen LogP contribution in [0.15, 0.2) is 42.5 Å². The number of nitrogens with one attached hydrogen (secondary N) is 2. The molecular weight excluding hydrogens is 374 g/mol. The number of benzene rings is 2. The molecule has 1 atom stereocenters. The van der Waals surface area contributed by atoms with Crippen molar-refractivity contribution in [3.8, 4) is 11.5 Å². The molecule has 0 aliphatic carbocycles. The molecule has 0 unspecified atom stereocenters. The van der Waals surface area contributed by atoms with E-state index in [1.807, 2.05) is 0 Å². The fraction of sp³-hybridized carbons (Fsp3) is 0.286. The Morgan fingerprint density at radius 3 is 2.38 bits per heavy atom. The van der Waals surface area contributed by atoms with Crippen LogP contribution in [0.25, 0.3) is 0 Å². The molecule has 2 aromatic carbocycles. The van der Waals surface area contributed by atoms with Crippen LogP contribution >= 0.6 is 0 Å². The number of ether oxygens (including phenoxy) is 2. The lowest BCUT2D eigenvalue weighted by atomic mass is 10.1. The Balaban J connectivity index is 1.70. The Morgan fingerprint density at radius 2 is 1.76 bits per heavy atom. The van der Waals surface area contributed by atoms with Gasteiger partial charge in [-0.3, -0.25) is 14.4 Å². The molecule has 3 amide bonds. The van der Waals surface area contributed by atoms with Gasteiger partial charge in [-0.05, 0) is 36.4 Å². The fourth-order valence-corrected chi connectivity index (χ4v) is 3.21. The van der Waals surface area contributed by atoms with Gasteiger partial charge in [-0.15, -0.1) is 0 Å². The van der Waals surface area contributed by atoms with E-state index in [1.165, 1.54) is 21.1 Å². The average Bonchev–Trinajstić information content (AvgIpc) is 3.10. The van der Waals surface area contributed by atoms with Crippen molar-refractivity contribution in [3.63, 3.8) is 0 Å². The number of methoxy groups -OCH3 is 2. The van der Waals surface area contributed by atoms with Crippen molar-refractivity contribution < 1.29 is 23.9 Å². The lowest BCUT2D eigenvalue weighted by molar-refractivity contribution is -0.122. The van der Waals surface area contributed by atoms with Gasteiger partial charge in [0.2, 0.25) is 17.7 Å². The van der Waals surface area contributed by atoms with Gasteiger partial charge < -0.3 is 25.0 Å². The Kier molecular flexibility index (Phi) is 6.01. The van der Waals surface area contributed by atoms with Crippen LogP contribution in [0.4, 0.5) is 17.1 Å². The molecule has 0 spiro atoms. The van der Waals surface area contributed by atoms with E-state index >= 15 is 0 Å². The molecule has 3 rings (SSSR count). The number of carbonyl (C=O) groups excluding carboxylic acids is 3. The molecule has 2 aromatic rings. The Hall–Kier alpha value is -3.55. The van der Waals surface area contributed by atoms with Crippen molar-refractivity contribution in [1.29, 1.82) is 0 Å². The van der Waals surface area contributed by atoms with Crippen LogP contribution in [0.2, 0.25) is 0 Å². The minimum absolute atomic E-state index is 0.117. The number of nitrogens with zero attached hydrogens (tertiary/aromatic N) is 1. The molecule has 0 radical (unpaired) electrons. The zero-order chi connectivity index (χ0) is 21.0. The summed E-state index contributed by atoms with van der Waals surface area (Å²) >= 11 is 0. The summed E-state index contributed by atoms with van der Waals surface area (Å²) in [5.74, 6) is 0.0452. The van der Waals surface area contributed by atoms with Gasteiger partial charge in [0.1, 0.15) is 11.5 Å². The largest absolute Gasteiger partial charge is 0.497 e. The molecule has 1 aliphatic rings. The van der Waals surface area contributed by atoms with Gasteiger partial charge in [0.05, 0.1) is 25.8 Å². The molecule has 0 bridgehead atoms. The standard InChI is InChI=1S/C21H23N3O5/c1-13(25)22-15-4-6-16(7-5-15)24-12-14(10-20(24)26)21(27)23-18-11-17(28-2)8-9-19(18)29-3/h4-9,11,14H,10,12H2,1-3H3,(H,22,25)(H,23,27)/t14-/m0/s1. The first-order chi connectivity index (χ1) is 13.9. The van der Waals surface area contributed by atoms with E-state index in [0.29, 0.717) is 28.6 Å². The normalized spacial score (nSPS) is 15.8. The maximum atomic E-state index is 12.7. The zero-order valence-corrected chi connectivity index (χ0v) is 16.5. The first-order valence-electron chi connectivity index (χ1n) is 9.12. The lowest BCUT2D eigenvalue weighted by Crippen LogP contribution is -2.28. The second-order valence-electron chi connectivity index (χ2n) is 6.69. The van der Waals surface area contributed by atoms with E-state index in [1.54, 1.807) is 47.4 Å². The van der Waals surface area contributed by atoms with Gasteiger partial charge in [-0.25, -0.2) is 0 Å². The predicted molar refractivity (Wildman–Crippen MR) is 109 cm³/mol. The number of hydrogen-bond acceptors (Lipinski definition) is 5. The van der Waals surface area contributed by atoms with Crippen LogP contribution in [0, 0.1) is 5.92 Å². The third kappa shape index (κ3) is 4.66. The maximum Gasteiger partial charge on any atom is 0.229 e. The zero-order valence-electron chi connectivity index (χ0n) is 16.5. The van der Waals surface area contributed by atoms with Crippen LogP contribution in [-0.4, -0.2) is 38.5 Å². The molecule has 8 heteroatoms. The molecule has 1 aliphatic heterocycles. The minimum Gasteiger partial charge on any atom is -0.497 e. The predicted octanol–water partition coefficient (Wildman–Crippen LogP) is 2.65. The lowest BCUT2D eigenvalue weighted by Gasteiger charge is -2.18. The third-order valence-electron chi connectivity index (χ3n) is 4.66. The van der Waals surface area contributed by atoms with Crippen molar-refractivity contribution in [2.45, 2.75) is 13.3 Å². The van der Waals surface area contributed by atoms with Gasteiger partial charge in [-0.2, -0.15) is 0 Å². The van der Waals surface area contributed by atoms with Crippen molar-refractivity contribution >= 4 is 34.8 Å². The van der Waals surface area contributed by atoms with Crippen LogP contribution in [0.5, 0.6) is 11.5 Å². The second kappa shape index (κ2) is 8.64. The smallest absolute Gasteiger partial charge is 0.229 e. The molecule has 0 aromatic heterocycles. The summed E-state index contributed by atoms with van der Waals surface area (Å²) < 4.78 is 10.5. The summed E-state index contributed by atoms with van der Waals surface area (Å²) in [4.78, 5) is 37.9. The van der Waals surface area contributed by atoms with E-state index in [0.717, 1.165) is 0 Å². The highest BCUT2D eigenvalue weighted by Crippen LogP contribution is 2.31. The molecule has 1 saturated heterocycles. The Morgan fingerprint density at radius 1 is 1.03 bits per heavy atom. The van der Waals surface area contributed by atoms with Crippen molar-refractivity contribution in [3.05, 3.63) is 42.5 Å². The summed E-state index contributed by atoms with van der Waals surface area (Å²) in [5, 5.41) is 5.51. The van der Waals surface area contributed by atoms with Gasteiger partial charge in [-0.1, -0.05) is 0 Å². The Bertz CT molecular complexity index is 926. The van der Waals surface area contributed by atoms with Gasteiger partial charge in [0, 0.05) is 37.3 Å². The highest BCUT2D eigenvalue weighted by Gasteiger charge is 2.35. The van der Waals surface area contributed by atoms with E-state index in [2.05, 4.69) is 10.6 Å². The summed E-state index contributed by atoms with van der Waals surface area (Å²) in [6.07, 6.45) is 0.117. The molecule has 8 nitrogen and oxygen atoms in total. The molecular formula is C21H23N3O5. The fourth-order valence-electron chi connectivity index (χ4n) is 3.21. The van der Waals surface area contributed by atoms with E-state index < -0.39 is 5.92 Å². The molecule has 152 valence electrons. The quantitative estimate of drug-likeness (QED) is 0.781. The summed E-state index contributed by atoms with van der Waals surface area (Å²) in [6.45, 7) is 1.70. The van der Waals surface area contributed by atoms with Crippen LogP contribution < -0.4 is 25.0 Å². The van der Waals surface area contributed by atoms with Crippen LogP contribution in [-0.2, 0) is 14.4 Å². The number of carbonyl (C=O) groups is 3. The van der Waals surface area contributed by atoms with E-state index in [9.17, 15) is 14.4 Å². The van der Waals surface area contributed by atoms with Gasteiger partial charge >= 0.3 is 0 Å². The summed E-state index contributed by atoms with van der Waals surface area (Å²) in [6, 6.07) is 12.0. The maximum absolute atomic E-state index is 12.7. The number of hydrogen-bond donors (Lipinski definition) is 2. The minimum atomic E-state index is -0.492. The monoisotopic (exact) mass is 397 g/mol. The number of amides is 3. The van der Waals surface area contributed by atoms with E-state index in [4.69, 9.17) is 9.47 Å². The highest BCUT2D eigenvalue weighted by atomic mass is 16.5. The first kappa shape index (κ1) is 20.2. The summed E-state index contributed by atoms with van der Waals surface area (Å²) in [7, 11) is 3.06. The number of anilines is 3. The number of rotatable bonds is 6. The van der Waals surface area contributed by atoms with Gasteiger partial charge in [0.25, 0.3) is 0 Å². The Labute approximate surface area is 168 Å². The first-order valence-corrected chi connectivity index (χ1v) is 9.12. The van der Waals surface area contributed by atoms with Crippen LogP contribution in [0.3, 0.4) is 0 Å². The van der Waals surface area contributed by atoms with Crippen molar-refractivity contribution in [2.75, 3.05) is 36.3 Å². The SMILES string of the molecule is COc1ccc(OC)c(NC(=O)[C@H]2CC(=O)N(c3ccc(NC(C)=O)cc3)C2)c1. The van der Waals surface area contributed by atoms with E-state index in [-0.39, 0.29) is 30.7 Å². The van der Waals surface area contributed by atoms with Crippen molar-refractivity contribution in [2.24, 2.45) is 5.92 Å². The highest BCUT2D eigenvalue weighted by molar-refractivity contribution is 6.04. The average molecular weight is 397 g/mol.